The van der Waals surface area contributed by atoms with Crippen molar-refractivity contribution >= 4 is 17.5 Å². The zero-order chi connectivity index (χ0) is 18.7. The van der Waals surface area contributed by atoms with Crippen molar-refractivity contribution in [2.24, 2.45) is 0 Å². The predicted molar refractivity (Wildman–Crippen MR) is 105 cm³/mol. The van der Waals surface area contributed by atoms with Crippen LogP contribution in [0.1, 0.15) is 35.5 Å². The van der Waals surface area contributed by atoms with Crippen molar-refractivity contribution in [2.45, 2.75) is 33.2 Å². The van der Waals surface area contributed by atoms with Crippen LogP contribution in [0, 0.1) is 13.8 Å². The van der Waals surface area contributed by atoms with Gasteiger partial charge in [-0.15, -0.1) is 0 Å². The third-order valence-electron chi connectivity index (χ3n) is 4.51. The van der Waals surface area contributed by atoms with Crippen LogP contribution in [-0.2, 0) is 11.2 Å². The first kappa shape index (κ1) is 18.2. The Morgan fingerprint density at radius 2 is 1.88 bits per heavy atom. The fourth-order valence-electron chi connectivity index (χ4n) is 3.06. The molecule has 1 heterocycles. The van der Waals surface area contributed by atoms with Gasteiger partial charge in [-0.25, -0.2) is 4.68 Å². The number of amides is 1. The molecule has 26 heavy (non-hydrogen) atoms. The summed E-state index contributed by atoms with van der Waals surface area (Å²) >= 11 is 6.03. The summed E-state index contributed by atoms with van der Waals surface area (Å²) in [5, 5.41) is 8.31. The molecule has 0 fully saturated rings. The molecule has 3 rings (SSSR count). The summed E-state index contributed by atoms with van der Waals surface area (Å²) in [5.74, 6) is -0.0312. The van der Waals surface area contributed by atoms with Crippen LogP contribution < -0.4 is 5.32 Å². The molecule has 0 aliphatic heterocycles. The Morgan fingerprint density at radius 1 is 1.15 bits per heavy atom. The van der Waals surface area contributed by atoms with E-state index in [1.54, 1.807) is 0 Å². The molecule has 1 unspecified atom stereocenters. The normalized spacial score (nSPS) is 12.0. The molecule has 1 atom stereocenters. The van der Waals surface area contributed by atoms with Gasteiger partial charge in [-0.05, 0) is 50.6 Å². The van der Waals surface area contributed by atoms with Crippen molar-refractivity contribution in [3.8, 4) is 5.69 Å². The summed E-state index contributed by atoms with van der Waals surface area (Å²) in [6.45, 7) is 5.89. The Kier molecular flexibility index (Phi) is 5.43. The second kappa shape index (κ2) is 7.75. The van der Waals surface area contributed by atoms with E-state index in [4.69, 9.17) is 11.6 Å². The van der Waals surface area contributed by atoms with Gasteiger partial charge in [0.1, 0.15) is 0 Å². The fourth-order valence-corrected chi connectivity index (χ4v) is 3.26. The quantitative estimate of drug-likeness (QED) is 0.718. The summed E-state index contributed by atoms with van der Waals surface area (Å²) in [6.07, 6.45) is 0.301. The molecule has 1 amide bonds. The van der Waals surface area contributed by atoms with E-state index in [0.29, 0.717) is 11.4 Å². The Balaban J connectivity index is 1.75. The van der Waals surface area contributed by atoms with Crippen molar-refractivity contribution in [1.82, 2.24) is 15.1 Å². The van der Waals surface area contributed by atoms with Gasteiger partial charge in [0.25, 0.3) is 0 Å². The first-order valence-electron chi connectivity index (χ1n) is 8.61. The van der Waals surface area contributed by atoms with E-state index >= 15 is 0 Å². The summed E-state index contributed by atoms with van der Waals surface area (Å²) in [4.78, 5) is 12.6. The first-order valence-corrected chi connectivity index (χ1v) is 8.99. The molecule has 0 saturated carbocycles. The fraction of sp³-hybridized carbons (Fsp3) is 0.238. The summed E-state index contributed by atoms with van der Waals surface area (Å²) < 4.78 is 1.89. The maximum atomic E-state index is 12.6. The van der Waals surface area contributed by atoms with Crippen LogP contribution >= 0.6 is 11.6 Å². The highest BCUT2D eigenvalue weighted by Crippen LogP contribution is 2.20. The van der Waals surface area contributed by atoms with Crippen LogP contribution in [0.2, 0.25) is 5.02 Å². The number of halogens is 1. The lowest BCUT2D eigenvalue weighted by Crippen LogP contribution is -2.28. The van der Waals surface area contributed by atoms with Crippen molar-refractivity contribution in [3.05, 3.63) is 82.1 Å². The average molecular weight is 368 g/mol. The van der Waals surface area contributed by atoms with Gasteiger partial charge < -0.3 is 5.32 Å². The lowest BCUT2D eigenvalue weighted by Gasteiger charge is -2.15. The minimum atomic E-state index is -0.106. The van der Waals surface area contributed by atoms with Crippen LogP contribution in [0.25, 0.3) is 5.69 Å². The second-order valence-electron chi connectivity index (χ2n) is 6.42. The largest absolute Gasteiger partial charge is 0.349 e. The van der Waals surface area contributed by atoms with Crippen LogP contribution in [0.5, 0.6) is 0 Å². The van der Waals surface area contributed by atoms with Gasteiger partial charge in [0, 0.05) is 16.3 Å². The molecule has 0 spiro atoms. The number of benzene rings is 2. The zero-order valence-electron chi connectivity index (χ0n) is 15.2. The van der Waals surface area contributed by atoms with Crippen molar-refractivity contribution in [2.75, 3.05) is 0 Å². The molecule has 1 aromatic heterocycles. The third-order valence-corrected chi connectivity index (χ3v) is 4.74. The molecule has 4 nitrogen and oxygen atoms in total. The van der Waals surface area contributed by atoms with Crippen molar-refractivity contribution < 1.29 is 4.79 Å². The lowest BCUT2D eigenvalue weighted by atomic mass is 10.1. The summed E-state index contributed by atoms with van der Waals surface area (Å²) in [7, 11) is 0. The first-order chi connectivity index (χ1) is 12.5. The highest BCUT2D eigenvalue weighted by Gasteiger charge is 2.17. The SMILES string of the molecule is Cc1nn(-c2ccccc2)c(C)c1CC(=O)NC(C)c1cccc(Cl)c1. The molecule has 3 aromatic rings. The van der Waals surface area contributed by atoms with Gasteiger partial charge in [0.2, 0.25) is 5.91 Å². The maximum Gasteiger partial charge on any atom is 0.225 e. The van der Waals surface area contributed by atoms with Gasteiger partial charge in [0.05, 0.1) is 23.8 Å². The van der Waals surface area contributed by atoms with E-state index in [1.165, 1.54) is 0 Å². The van der Waals surface area contributed by atoms with E-state index < -0.39 is 0 Å². The molecular weight excluding hydrogens is 346 g/mol. The number of nitrogens with one attached hydrogen (secondary N) is 1. The van der Waals surface area contributed by atoms with Gasteiger partial charge in [0.15, 0.2) is 0 Å². The number of nitrogens with zero attached hydrogens (tertiary/aromatic N) is 2. The van der Waals surface area contributed by atoms with Crippen LogP contribution in [0.15, 0.2) is 54.6 Å². The number of para-hydroxylation sites is 1. The maximum absolute atomic E-state index is 12.6. The Bertz CT molecular complexity index is 918. The van der Waals surface area contributed by atoms with Crippen molar-refractivity contribution in [1.29, 1.82) is 0 Å². The van der Waals surface area contributed by atoms with E-state index in [-0.39, 0.29) is 11.9 Å². The average Bonchev–Trinajstić information content (AvgIpc) is 2.90. The van der Waals surface area contributed by atoms with Crippen LogP contribution in [-0.4, -0.2) is 15.7 Å². The van der Waals surface area contributed by atoms with Gasteiger partial charge in [-0.1, -0.05) is 41.9 Å². The highest BCUT2D eigenvalue weighted by molar-refractivity contribution is 6.30. The lowest BCUT2D eigenvalue weighted by molar-refractivity contribution is -0.121. The minimum Gasteiger partial charge on any atom is -0.349 e. The van der Waals surface area contributed by atoms with E-state index in [9.17, 15) is 4.79 Å². The number of aromatic nitrogens is 2. The standard InChI is InChI=1S/C21H22ClN3O/c1-14(17-8-7-9-18(22)12-17)23-21(26)13-20-15(2)24-25(16(20)3)19-10-5-4-6-11-19/h4-12,14H,13H2,1-3H3,(H,23,26). The molecular formula is C21H22ClN3O. The van der Waals surface area contributed by atoms with Crippen molar-refractivity contribution in [3.63, 3.8) is 0 Å². The second-order valence-corrected chi connectivity index (χ2v) is 6.85. The topological polar surface area (TPSA) is 46.9 Å². The smallest absolute Gasteiger partial charge is 0.225 e. The summed E-state index contributed by atoms with van der Waals surface area (Å²) in [5.41, 5.74) is 4.80. The number of rotatable bonds is 5. The molecule has 134 valence electrons. The minimum absolute atomic E-state index is 0.0312. The Hall–Kier alpha value is -2.59. The van der Waals surface area contributed by atoms with Gasteiger partial charge >= 0.3 is 0 Å². The molecule has 0 radical (unpaired) electrons. The van der Waals surface area contributed by atoms with Gasteiger partial charge in [-0.2, -0.15) is 5.10 Å². The number of hydrogen-bond acceptors (Lipinski definition) is 2. The molecule has 2 aromatic carbocycles. The predicted octanol–water partition coefficient (Wildman–Crippen LogP) is 4.56. The monoisotopic (exact) mass is 367 g/mol. The van der Waals surface area contributed by atoms with E-state index in [1.807, 2.05) is 80.1 Å². The van der Waals surface area contributed by atoms with Crippen LogP contribution in [0.4, 0.5) is 0 Å². The molecule has 0 saturated heterocycles. The number of hydrogen-bond donors (Lipinski definition) is 1. The van der Waals surface area contributed by atoms with E-state index in [0.717, 1.165) is 28.2 Å². The number of carbonyl (C=O) groups is 1. The molecule has 0 aliphatic rings. The molecule has 0 aliphatic carbocycles. The number of aryl methyl sites for hydroxylation is 1. The number of carbonyl (C=O) groups excluding carboxylic acids is 1. The summed E-state index contributed by atoms with van der Waals surface area (Å²) in [6, 6.07) is 17.4. The Morgan fingerprint density at radius 3 is 2.58 bits per heavy atom. The Labute approximate surface area is 158 Å². The molecule has 5 heteroatoms. The molecule has 1 N–H and O–H groups in total. The van der Waals surface area contributed by atoms with E-state index in [2.05, 4.69) is 10.4 Å². The van der Waals surface area contributed by atoms with Gasteiger partial charge in [-0.3, -0.25) is 4.79 Å². The third kappa shape index (κ3) is 3.97. The highest BCUT2D eigenvalue weighted by atomic mass is 35.5. The van der Waals surface area contributed by atoms with Crippen LogP contribution in [0.3, 0.4) is 0 Å². The zero-order valence-corrected chi connectivity index (χ0v) is 15.9. The molecule has 0 bridgehead atoms.